The third kappa shape index (κ3) is 5.13. The Morgan fingerprint density at radius 2 is 1.80 bits per heavy atom. The van der Waals surface area contributed by atoms with Crippen LogP contribution in [0.15, 0.2) is 78.3 Å². The lowest BCUT2D eigenvalue weighted by Crippen LogP contribution is -2.31. The summed E-state index contributed by atoms with van der Waals surface area (Å²) < 4.78 is 37.9. The van der Waals surface area contributed by atoms with E-state index in [0.29, 0.717) is 57.0 Å². The van der Waals surface area contributed by atoms with Crippen LogP contribution in [0.1, 0.15) is 24.1 Å². The number of rotatable bonds is 9. The number of nitrogens with zero attached hydrogens (tertiary/aromatic N) is 3. The second-order valence-electron chi connectivity index (χ2n) is 8.91. The van der Waals surface area contributed by atoms with E-state index in [0.717, 1.165) is 0 Å². The lowest BCUT2D eigenvalue weighted by Gasteiger charge is -2.29. The minimum Gasteiger partial charge on any atom is -0.497 e. The van der Waals surface area contributed by atoms with E-state index >= 15 is 0 Å². The number of anilines is 2. The number of hydrogen-bond donors (Lipinski definition) is 2. The summed E-state index contributed by atoms with van der Waals surface area (Å²) >= 11 is 0. The molecule has 5 rings (SSSR count). The van der Waals surface area contributed by atoms with Crippen molar-refractivity contribution in [1.82, 2.24) is 14.8 Å². The summed E-state index contributed by atoms with van der Waals surface area (Å²) in [6.07, 6.45) is 1.42. The van der Waals surface area contributed by atoms with Gasteiger partial charge in [0.15, 0.2) is 11.5 Å². The van der Waals surface area contributed by atoms with Crippen LogP contribution in [0.4, 0.5) is 16.0 Å². The van der Waals surface area contributed by atoms with Crippen LogP contribution in [0.25, 0.3) is 0 Å². The molecule has 0 bridgehead atoms. The van der Waals surface area contributed by atoms with Crippen molar-refractivity contribution in [2.75, 3.05) is 32.0 Å². The van der Waals surface area contributed by atoms with E-state index in [4.69, 9.17) is 18.9 Å². The van der Waals surface area contributed by atoms with Gasteiger partial charge in [0.2, 0.25) is 5.95 Å². The number of nitrogens with one attached hydrogen (secondary N) is 2. The average molecular weight is 546 g/mol. The second-order valence-corrected chi connectivity index (χ2v) is 8.91. The van der Waals surface area contributed by atoms with E-state index in [9.17, 15) is 9.18 Å². The molecular weight excluding hydrogens is 517 g/mol. The molecular formula is C29H28FN5O5. The van der Waals surface area contributed by atoms with Gasteiger partial charge < -0.3 is 29.6 Å². The maximum Gasteiger partial charge on any atom is 0.255 e. The summed E-state index contributed by atoms with van der Waals surface area (Å²) in [6.45, 7) is 1.83. The molecule has 1 aliphatic heterocycles. The smallest absolute Gasteiger partial charge is 0.255 e. The molecule has 1 amide bonds. The van der Waals surface area contributed by atoms with Crippen LogP contribution in [0, 0.1) is 5.82 Å². The molecule has 1 aliphatic rings. The molecule has 11 heteroatoms. The van der Waals surface area contributed by atoms with Crippen LogP contribution < -0.4 is 29.6 Å². The van der Waals surface area contributed by atoms with Crippen molar-refractivity contribution in [2.45, 2.75) is 19.6 Å². The number of benzene rings is 3. The van der Waals surface area contributed by atoms with Crippen molar-refractivity contribution in [3.8, 4) is 23.0 Å². The van der Waals surface area contributed by atoms with Gasteiger partial charge in [0, 0.05) is 17.3 Å². The Hall–Kier alpha value is -5.06. The third-order valence-corrected chi connectivity index (χ3v) is 6.54. The first-order valence-corrected chi connectivity index (χ1v) is 12.4. The first-order valence-electron chi connectivity index (χ1n) is 12.4. The summed E-state index contributed by atoms with van der Waals surface area (Å²) in [7, 11) is 4.59. The lowest BCUT2D eigenvalue weighted by atomic mass is 9.94. The van der Waals surface area contributed by atoms with E-state index in [1.54, 1.807) is 67.2 Å². The van der Waals surface area contributed by atoms with Gasteiger partial charge in [-0.2, -0.15) is 10.1 Å². The molecule has 206 valence electrons. The molecule has 4 aromatic rings. The van der Waals surface area contributed by atoms with Gasteiger partial charge in [0.1, 0.15) is 36.3 Å². The number of hydrogen-bond acceptors (Lipinski definition) is 8. The molecule has 0 spiro atoms. The Kier molecular flexibility index (Phi) is 7.54. The van der Waals surface area contributed by atoms with Gasteiger partial charge in [-0.3, -0.25) is 4.79 Å². The normalized spacial score (nSPS) is 14.2. The van der Waals surface area contributed by atoms with Gasteiger partial charge in [-0.05, 0) is 42.8 Å². The molecule has 1 atom stereocenters. The molecule has 0 aliphatic carbocycles. The van der Waals surface area contributed by atoms with Crippen molar-refractivity contribution in [1.29, 1.82) is 0 Å². The highest BCUT2D eigenvalue weighted by atomic mass is 19.1. The monoisotopic (exact) mass is 545 g/mol. The quantitative estimate of drug-likeness (QED) is 0.304. The molecule has 2 N–H and O–H groups in total. The maximum atomic E-state index is 14.1. The SMILES string of the molecule is COc1ccc(NC(=O)C2=C(C)Nc3ncnn3[C@H]2c2ccc(OCc3ccccc3F)c(OC)c2)c(OC)c1. The van der Waals surface area contributed by atoms with Gasteiger partial charge in [0.25, 0.3) is 5.91 Å². The summed E-state index contributed by atoms with van der Waals surface area (Å²) in [5, 5.41) is 10.5. The molecule has 0 saturated heterocycles. The highest BCUT2D eigenvalue weighted by Crippen LogP contribution is 2.39. The van der Waals surface area contributed by atoms with E-state index in [2.05, 4.69) is 20.7 Å². The number of allylic oxidation sites excluding steroid dienone is 1. The molecule has 0 radical (unpaired) electrons. The van der Waals surface area contributed by atoms with Gasteiger partial charge in [-0.25, -0.2) is 9.07 Å². The largest absolute Gasteiger partial charge is 0.497 e. The van der Waals surface area contributed by atoms with Crippen LogP contribution in [0.3, 0.4) is 0 Å². The van der Waals surface area contributed by atoms with Gasteiger partial charge in [-0.15, -0.1) is 0 Å². The fraction of sp³-hybridized carbons (Fsp3) is 0.207. The number of methoxy groups -OCH3 is 3. The van der Waals surface area contributed by atoms with E-state index in [1.807, 2.05) is 6.07 Å². The van der Waals surface area contributed by atoms with Crippen molar-refractivity contribution in [3.63, 3.8) is 0 Å². The number of halogens is 1. The number of ether oxygens (including phenoxy) is 4. The van der Waals surface area contributed by atoms with Gasteiger partial charge in [0.05, 0.1) is 32.6 Å². The zero-order valence-electron chi connectivity index (χ0n) is 22.4. The standard InChI is InChI=1S/C29H28FN5O5/c1-17-26(28(36)34-22-11-10-20(37-2)14-24(22)38-3)27(35-29(33-17)31-16-32-35)18-9-12-23(25(13-18)39-4)40-15-19-7-5-6-8-21(19)30/h5-14,16,27H,15H2,1-4H3,(H,34,36)(H,31,32,33)/t27-/m0/s1. The number of amides is 1. The van der Waals surface area contributed by atoms with Crippen LogP contribution in [0.2, 0.25) is 0 Å². The summed E-state index contributed by atoms with van der Waals surface area (Å²) in [4.78, 5) is 18.1. The first-order chi connectivity index (χ1) is 19.4. The number of fused-ring (bicyclic) bond motifs is 1. The van der Waals surface area contributed by atoms with Crippen LogP contribution in [-0.4, -0.2) is 42.0 Å². The average Bonchev–Trinajstić information content (AvgIpc) is 3.44. The molecule has 0 unspecified atom stereocenters. The summed E-state index contributed by atoms with van der Waals surface area (Å²) in [5.41, 5.74) is 2.62. The van der Waals surface area contributed by atoms with Gasteiger partial charge in [-0.1, -0.05) is 24.3 Å². The molecule has 1 aromatic heterocycles. The number of aromatic nitrogens is 3. The Balaban J connectivity index is 1.48. The fourth-order valence-electron chi connectivity index (χ4n) is 4.53. The van der Waals surface area contributed by atoms with Crippen molar-refractivity contribution in [3.05, 3.63) is 95.2 Å². The van der Waals surface area contributed by atoms with Crippen molar-refractivity contribution < 1.29 is 28.1 Å². The minimum atomic E-state index is -0.641. The summed E-state index contributed by atoms with van der Waals surface area (Å²) in [6, 6.07) is 16.2. The minimum absolute atomic E-state index is 0.0271. The molecule has 10 nitrogen and oxygen atoms in total. The third-order valence-electron chi connectivity index (χ3n) is 6.54. The van der Waals surface area contributed by atoms with Crippen molar-refractivity contribution in [2.24, 2.45) is 0 Å². The summed E-state index contributed by atoms with van der Waals surface area (Å²) in [5.74, 6) is 1.67. The van der Waals surface area contributed by atoms with E-state index in [1.165, 1.54) is 26.6 Å². The Labute approximate surface area is 230 Å². The highest BCUT2D eigenvalue weighted by molar-refractivity contribution is 6.06. The van der Waals surface area contributed by atoms with Crippen LogP contribution in [0.5, 0.6) is 23.0 Å². The van der Waals surface area contributed by atoms with Crippen LogP contribution >= 0.6 is 0 Å². The first kappa shape index (κ1) is 26.5. The lowest BCUT2D eigenvalue weighted by molar-refractivity contribution is -0.113. The van der Waals surface area contributed by atoms with E-state index < -0.39 is 6.04 Å². The van der Waals surface area contributed by atoms with Gasteiger partial charge >= 0.3 is 0 Å². The highest BCUT2D eigenvalue weighted by Gasteiger charge is 2.34. The predicted molar refractivity (Wildman–Crippen MR) is 146 cm³/mol. The zero-order valence-corrected chi connectivity index (χ0v) is 22.4. The number of carbonyl (C=O) groups excluding carboxylic acids is 1. The Bertz CT molecular complexity index is 1580. The fourth-order valence-corrected chi connectivity index (χ4v) is 4.53. The Morgan fingerprint density at radius 3 is 2.55 bits per heavy atom. The maximum absolute atomic E-state index is 14.1. The molecule has 0 fully saturated rings. The topological polar surface area (TPSA) is 109 Å². The predicted octanol–water partition coefficient (Wildman–Crippen LogP) is 4.95. The molecule has 0 saturated carbocycles. The van der Waals surface area contributed by atoms with Crippen molar-refractivity contribution >= 4 is 17.5 Å². The molecule has 40 heavy (non-hydrogen) atoms. The van der Waals surface area contributed by atoms with Crippen LogP contribution in [-0.2, 0) is 11.4 Å². The van der Waals surface area contributed by atoms with E-state index in [-0.39, 0.29) is 18.3 Å². The Morgan fingerprint density at radius 1 is 1.00 bits per heavy atom. The molecule has 2 heterocycles. The zero-order chi connectivity index (χ0) is 28.2. The molecule has 3 aromatic carbocycles. The number of carbonyl (C=O) groups is 1. The second kappa shape index (κ2) is 11.4.